The summed E-state index contributed by atoms with van der Waals surface area (Å²) in [5.41, 5.74) is 2.50. The number of benzene rings is 1. The number of hydrogen-bond acceptors (Lipinski definition) is 1. The summed E-state index contributed by atoms with van der Waals surface area (Å²) in [4.78, 5) is 3.78. The van der Waals surface area contributed by atoms with Crippen LogP contribution < -0.4 is 0 Å². The second-order valence-corrected chi connectivity index (χ2v) is 3.88. The van der Waals surface area contributed by atoms with Gasteiger partial charge in [0.05, 0.1) is 0 Å². The molecule has 0 saturated heterocycles. The van der Waals surface area contributed by atoms with Crippen LogP contribution in [-0.4, -0.2) is 4.98 Å². The van der Waals surface area contributed by atoms with Crippen molar-refractivity contribution < 1.29 is 26.2 Å². The van der Waals surface area contributed by atoms with Gasteiger partial charge in [-0.05, 0) is 12.1 Å². The van der Waals surface area contributed by atoms with Crippen molar-refractivity contribution in [2.24, 2.45) is 0 Å². The third-order valence-electron chi connectivity index (χ3n) is 2.24. The maximum Gasteiger partial charge on any atom is 0.0267 e. The summed E-state index contributed by atoms with van der Waals surface area (Å²) in [6.45, 7) is 8.31. The summed E-state index contributed by atoms with van der Waals surface area (Å²) < 4.78 is 0. The third-order valence-corrected chi connectivity index (χ3v) is 2.24. The van der Waals surface area contributed by atoms with E-state index in [4.69, 9.17) is 0 Å². The van der Waals surface area contributed by atoms with E-state index in [-0.39, 0.29) is 26.2 Å². The minimum absolute atomic E-state index is 0. The second-order valence-electron chi connectivity index (χ2n) is 3.88. The van der Waals surface area contributed by atoms with Crippen molar-refractivity contribution in [2.45, 2.75) is 19.8 Å². The van der Waals surface area contributed by atoms with Crippen molar-refractivity contribution in [1.29, 1.82) is 0 Å². The summed E-state index contributed by atoms with van der Waals surface area (Å²) in [5, 5.41) is 0. The Morgan fingerprint density at radius 2 is 1.53 bits per heavy atom. The van der Waals surface area contributed by atoms with E-state index in [2.05, 4.69) is 44.0 Å². The molecular weight excluding hydrogens is 285 g/mol. The van der Waals surface area contributed by atoms with Crippen LogP contribution in [0.4, 0.5) is 0 Å². The molecule has 0 saturated carbocycles. The average molecular weight is 304 g/mol. The zero-order valence-corrected chi connectivity index (χ0v) is 12.9. The molecule has 0 aliphatic rings. The minimum atomic E-state index is 0. The van der Waals surface area contributed by atoms with Gasteiger partial charge in [0.2, 0.25) is 0 Å². The van der Waals surface area contributed by atoms with Crippen molar-refractivity contribution in [3.63, 3.8) is 0 Å². The first-order valence-corrected chi connectivity index (χ1v) is 5.47. The predicted octanol–water partition coefficient (Wildman–Crippen LogP) is 4.07. The van der Waals surface area contributed by atoms with Crippen LogP contribution in [0.15, 0.2) is 54.9 Å². The average Bonchev–Trinajstić information content (AvgIpc) is 2.32. The van der Waals surface area contributed by atoms with Crippen molar-refractivity contribution >= 4 is 0 Å². The Kier molecular flexibility index (Phi) is 8.71. The normalized spacial score (nSPS) is 8.88. The van der Waals surface area contributed by atoms with E-state index in [0.29, 0.717) is 5.92 Å². The molecule has 1 nitrogen and oxygen atoms in total. The molecular formula is C15H18NZr-. The number of nitrogens with zero attached hydrogens (tertiary/aromatic N) is 1. The van der Waals surface area contributed by atoms with Gasteiger partial charge in [-0.15, -0.1) is 17.7 Å². The first-order chi connectivity index (χ1) is 7.72. The van der Waals surface area contributed by atoms with Gasteiger partial charge in [0, 0.05) is 38.6 Å². The molecule has 0 spiro atoms. The molecule has 2 rings (SSSR count). The quantitative estimate of drug-likeness (QED) is 0.724. The van der Waals surface area contributed by atoms with E-state index in [1.54, 1.807) is 12.4 Å². The van der Waals surface area contributed by atoms with Crippen LogP contribution in [-0.2, 0) is 26.2 Å². The summed E-state index contributed by atoms with van der Waals surface area (Å²) >= 11 is 0. The molecule has 0 aliphatic carbocycles. The van der Waals surface area contributed by atoms with E-state index in [1.165, 1.54) is 5.56 Å². The van der Waals surface area contributed by atoms with Gasteiger partial charge >= 0.3 is 0 Å². The van der Waals surface area contributed by atoms with Crippen molar-refractivity contribution in [2.75, 3.05) is 0 Å². The molecule has 1 aromatic heterocycles. The molecule has 2 aromatic rings. The first kappa shape index (κ1) is 16.1. The van der Waals surface area contributed by atoms with Gasteiger partial charge in [0.1, 0.15) is 0 Å². The fraction of sp³-hybridized carbons (Fsp3) is 0.200. The Labute approximate surface area is 123 Å². The topological polar surface area (TPSA) is 12.9 Å². The maximum atomic E-state index is 3.94. The largest absolute Gasteiger partial charge is 0.265 e. The molecule has 17 heavy (non-hydrogen) atoms. The minimum Gasteiger partial charge on any atom is -0.265 e. The molecule has 0 fully saturated rings. The molecule has 0 bridgehead atoms. The molecule has 0 radical (unpaired) electrons. The zero-order valence-electron chi connectivity index (χ0n) is 10.4. The molecule has 0 N–H and O–H groups in total. The van der Waals surface area contributed by atoms with Crippen LogP contribution in [0, 0.1) is 6.92 Å². The van der Waals surface area contributed by atoms with Crippen LogP contribution in [0.2, 0.25) is 0 Å². The van der Waals surface area contributed by atoms with Crippen LogP contribution in [0.25, 0.3) is 0 Å². The van der Waals surface area contributed by atoms with E-state index >= 15 is 0 Å². The third kappa shape index (κ3) is 6.43. The van der Waals surface area contributed by atoms with E-state index in [1.807, 2.05) is 24.3 Å². The maximum absolute atomic E-state index is 3.94. The number of pyridine rings is 1. The SMILES string of the molecule is [CH2-]c1ccccc1C(C)C.[Zr].c1ccncc1. The fourth-order valence-corrected chi connectivity index (χ4v) is 1.41. The van der Waals surface area contributed by atoms with Gasteiger partial charge in [-0.25, -0.2) is 0 Å². The molecule has 0 unspecified atom stereocenters. The monoisotopic (exact) mass is 302 g/mol. The van der Waals surface area contributed by atoms with E-state index < -0.39 is 0 Å². The number of aromatic nitrogens is 1. The zero-order chi connectivity index (χ0) is 11.8. The number of rotatable bonds is 1. The molecule has 1 heterocycles. The summed E-state index contributed by atoms with van der Waals surface area (Å²) in [6.07, 6.45) is 3.50. The Morgan fingerprint density at radius 1 is 0.941 bits per heavy atom. The van der Waals surface area contributed by atoms with Crippen LogP contribution >= 0.6 is 0 Å². The van der Waals surface area contributed by atoms with Crippen LogP contribution in [0.5, 0.6) is 0 Å². The smallest absolute Gasteiger partial charge is 0.0267 e. The Morgan fingerprint density at radius 3 is 1.82 bits per heavy atom. The summed E-state index contributed by atoms with van der Waals surface area (Å²) in [7, 11) is 0. The van der Waals surface area contributed by atoms with Gasteiger partial charge in [-0.2, -0.15) is 18.6 Å². The second kappa shape index (κ2) is 9.18. The Balaban J connectivity index is 0.000000316. The van der Waals surface area contributed by atoms with Crippen molar-refractivity contribution in [1.82, 2.24) is 4.98 Å². The Hall–Kier alpha value is -0.877. The van der Waals surface area contributed by atoms with Gasteiger partial charge in [0.15, 0.2) is 0 Å². The fourth-order valence-electron chi connectivity index (χ4n) is 1.41. The molecule has 0 atom stereocenters. The van der Waals surface area contributed by atoms with Crippen molar-refractivity contribution in [3.05, 3.63) is 72.9 Å². The molecule has 88 valence electrons. The molecule has 1 aromatic carbocycles. The molecule has 0 amide bonds. The summed E-state index contributed by atoms with van der Waals surface area (Å²) in [6, 6.07) is 14.0. The van der Waals surface area contributed by atoms with Gasteiger partial charge < -0.3 is 0 Å². The number of hydrogen-bond donors (Lipinski definition) is 0. The van der Waals surface area contributed by atoms with Crippen molar-refractivity contribution in [3.8, 4) is 0 Å². The first-order valence-electron chi connectivity index (χ1n) is 5.47. The summed E-state index contributed by atoms with van der Waals surface area (Å²) in [5.74, 6) is 0.591. The van der Waals surface area contributed by atoms with Gasteiger partial charge in [-0.1, -0.05) is 31.9 Å². The Bertz CT molecular complexity index is 372. The standard InChI is InChI=1S/C10H13.C5H5N.Zr/c1-8(2)10-7-5-4-6-9(10)3;1-2-4-6-5-3-1;/h4-8H,3H2,1-2H3;1-5H;/q-1;;. The molecule has 0 aliphatic heterocycles. The van der Waals surface area contributed by atoms with E-state index in [9.17, 15) is 0 Å². The van der Waals surface area contributed by atoms with Crippen LogP contribution in [0.3, 0.4) is 0 Å². The predicted molar refractivity (Wildman–Crippen MR) is 69.2 cm³/mol. The van der Waals surface area contributed by atoms with E-state index in [0.717, 1.165) is 5.56 Å². The molecule has 2 heteroatoms. The van der Waals surface area contributed by atoms with Gasteiger partial charge in [-0.3, -0.25) is 4.98 Å². The van der Waals surface area contributed by atoms with Gasteiger partial charge in [0.25, 0.3) is 0 Å². The van der Waals surface area contributed by atoms with Crippen LogP contribution in [0.1, 0.15) is 30.9 Å².